The second kappa shape index (κ2) is 6.04. The number of fused-ring (bicyclic) bond motifs is 1. The fourth-order valence-electron chi connectivity index (χ4n) is 3.37. The average molecular weight is 356 g/mol. The van der Waals surface area contributed by atoms with Crippen LogP contribution in [0.1, 0.15) is 29.3 Å². The molecule has 0 fully saturated rings. The van der Waals surface area contributed by atoms with Gasteiger partial charge in [-0.1, -0.05) is 41.9 Å². The zero-order chi connectivity index (χ0) is 17.6. The molecule has 6 nitrogen and oxygen atoms in total. The molecule has 1 aromatic carbocycles. The van der Waals surface area contributed by atoms with Crippen molar-refractivity contribution in [3.63, 3.8) is 0 Å². The standard InChI is InChI=1S/C18H18ClN5O/c1-12-9-23(18(25)15-8-14(19)10-22(15)2)11-16-20-21-17(24(12)16)13-6-4-3-5-7-13/h3-8,10,12H,9,11H2,1-2H3/t12-/m0/s1. The van der Waals surface area contributed by atoms with Crippen LogP contribution < -0.4 is 0 Å². The van der Waals surface area contributed by atoms with Crippen molar-refractivity contribution < 1.29 is 4.79 Å². The number of aryl methyl sites for hydroxylation is 1. The first-order valence-corrected chi connectivity index (χ1v) is 8.52. The number of hydrogen-bond acceptors (Lipinski definition) is 3. The van der Waals surface area contributed by atoms with Crippen molar-refractivity contribution in [2.45, 2.75) is 19.5 Å². The van der Waals surface area contributed by atoms with Crippen LogP contribution in [0.2, 0.25) is 5.02 Å². The number of hydrogen-bond donors (Lipinski definition) is 0. The van der Waals surface area contributed by atoms with Gasteiger partial charge in [-0.2, -0.15) is 0 Å². The minimum Gasteiger partial charge on any atom is -0.345 e. The summed E-state index contributed by atoms with van der Waals surface area (Å²) in [7, 11) is 1.82. The molecule has 1 atom stereocenters. The third-order valence-corrected chi connectivity index (χ3v) is 4.74. The SMILES string of the molecule is C[C@H]1CN(C(=O)c2cc(Cl)cn2C)Cc2nnc(-c3ccccc3)n21. The van der Waals surface area contributed by atoms with Gasteiger partial charge < -0.3 is 14.0 Å². The molecule has 7 heteroatoms. The van der Waals surface area contributed by atoms with E-state index >= 15 is 0 Å². The summed E-state index contributed by atoms with van der Waals surface area (Å²) in [5.74, 6) is 1.60. The van der Waals surface area contributed by atoms with Gasteiger partial charge in [-0.3, -0.25) is 4.79 Å². The van der Waals surface area contributed by atoms with E-state index in [1.165, 1.54) is 0 Å². The second-order valence-corrected chi connectivity index (χ2v) is 6.80. The number of benzene rings is 1. The maximum Gasteiger partial charge on any atom is 0.271 e. The lowest BCUT2D eigenvalue weighted by Crippen LogP contribution is -2.41. The molecule has 0 spiro atoms. The minimum absolute atomic E-state index is 0.0447. The van der Waals surface area contributed by atoms with Crippen LogP contribution in [0.4, 0.5) is 0 Å². The normalized spacial score (nSPS) is 16.8. The Bertz CT molecular complexity index is 930. The van der Waals surface area contributed by atoms with E-state index in [2.05, 4.69) is 21.7 Å². The van der Waals surface area contributed by atoms with E-state index in [1.807, 2.05) is 37.4 Å². The first kappa shape index (κ1) is 15.9. The smallest absolute Gasteiger partial charge is 0.271 e. The Morgan fingerprint density at radius 3 is 2.68 bits per heavy atom. The molecule has 0 saturated heterocycles. The molecule has 0 bridgehead atoms. The maximum atomic E-state index is 12.9. The van der Waals surface area contributed by atoms with Crippen LogP contribution in [0.15, 0.2) is 42.6 Å². The zero-order valence-electron chi connectivity index (χ0n) is 14.1. The highest BCUT2D eigenvalue weighted by molar-refractivity contribution is 6.31. The van der Waals surface area contributed by atoms with Gasteiger partial charge in [0.25, 0.3) is 5.91 Å². The Morgan fingerprint density at radius 2 is 2.00 bits per heavy atom. The van der Waals surface area contributed by atoms with E-state index in [0.29, 0.717) is 23.8 Å². The maximum absolute atomic E-state index is 12.9. The fourth-order valence-corrected chi connectivity index (χ4v) is 3.62. The van der Waals surface area contributed by atoms with Gasteiger partial charge in [0, 0.05) is 25.4 Å². The minimum atomic E-state index is -0.0447. The molecule has 1 amide bonds. The predicted molar refractivity (Wildman–Crippen MR) is 95.3 cm³/mol. The first-order chi connectivity index (χ1) is 12.0. The van der Waals surface area contributed by atoms with Crippen molar-refractivity contribution in [3.05, 3.63) is 59.1 Å². The monoisotopic (exact) mass is 355 g/mol. The summed E-state index contributed by atoms with van der Waals surface area (Å²) in [4.78, 5) is 14.7. The number of rotatable bonds is 2. The van der Waals surface area contributed by atoms with Crippen LogP contribution >= 0.6 is 11.6 Å². The van der Waals surface area contributed by atoms with Crippen LogP contribution in [0.25, 0.3) is 11.4 Å². The topological polar surface area (TPSA) is 56.0 Å². The first-order valence-electron chi connectivity index (χ1n) is 8.15. The van der Waals surface area contributed by atoms with Crippen molar-refractivity contribution >= 4 is 17.5 Å². The average Bonchev–Trinajstić information content (AvgIpc) is 3.18. The lowest BCUT2D eigenvalue weighted by molar-refractivity contribution is 0.0672. The number of carbonyl (C=O) groups is 1. The molecule has 0 aliphatic carbocycles. The van der Waals surface area contributed by atoms with Gasteiger partial charge in [0.15, 0.2) is 11.6 Å². The zero-order valence-corrected chi connectivity index (χ0v) is 14.8. The largest absolute Gasteiger partial charge is 0.345 e. The van der Waals surface area contributed by atoms with Crippen molar-refractivity contribution in [1.29, 1.82) is 0 Å². The third kappa shape index (κ3) is 2.72. The molecule has 0 saturated carbocycles. The summed E-state index contributed by atoms with van der Waals surface area (Å²) >= 11 is 6.01. The quantitative estimate of drug-likeness (QED) is 0.709. The van der Waals surface area contributed by atoms with Crippen LogP contribution in [0, 0.1) is 0 Å². The van der Waals surface area contributed by atoms with E-state index in [9.17, 15) is 4.79 Å². The number of nitrogens with zero attached hydrogens (tertiary/aromatic N) is 5. The van der Waals surface area contributed by atoms with Crippen LogP contribution in [0.5, 0.6) is 0 Å². The van der Waals surface area contributed by atoms with Gasteiger partial charge in [0.2, 0.25) is 0 Å². The highest BCUT2D eigenvalue weighted by atomic mass is 35.5. The summed E-state index contributed by atoms with van der Waals surface area (Å²) in [6, 6.07) is 11.8. The van der Waals surface area contributed by atoms with Crippen molar-refractivity contribution in [2.24, 2.45) is 7.05 Å². The number of amides is 1. The molecular formula is C18H18ClN5O. The fraction of sp³-hybridized carbons (Fsp3) is 0.278. The van der Waals surface area contributed by atoms with Gasteiger partial charge in [-0.25, -0.2) is 0 Å². The Balaban J connectivity index is 1.66. The molecule has 0 unspecified atom stereocenters. The van der Waals surface area contributed by atoms with Crippen molar-refractivity contribution in [3.8, 4) is 11.4 Å². The molecule has 25 heavy (non-hydrogen) atoms. The number of aromatic nitrogens is 4. The summed E-state index contributed by atoms with van der Waals surface area (Å²) in [6.07, 6.45) is 1.73. The van der Waals surface area contributed by atoms with E-state index in [-0.39, 0.29) is 11.9 Å². The summed E-state index contributed by atoms with van der Waals surface area (Å²) in [5, 5.41) is 9.24. The van der Waals surface area contributed by atoms with Crippen LogP contribution in [0.3, 0.4) is 0 Å². The lowest BCUT2D eigenvalue weighted by atomic mass is 10.1. The Morgan fingerprint density at radius 1 is 1.24 bits per heavy atom. The summed E-state index contributed by atoms with van der Waals surface area (Å²) in [5.41, 5.74) is 1.61. The molecule has 3 heterocycles. The van der Waals surface area contributed by atoms with E-state index in [4.69, 9.17) is 11.6 Å². The molecule has 1 aliphatic heterocycles. The second-order valence-electron chi connectivity index (χ2n) is 6.37. The van der Waals surface area contributed by atoms with E-state index in [1.54, 1.807) is 21.7 Å². The van der Waals surface area contributed by atoms with Gasteiger partial charge >= 0.3 is 0 Å². The molecule has 1 aliphatic rings. The summed E-state index contributed by atoms with van der Waals surface area (Å²) in [6.45, 7) is 3.12. The predicted octanol–water partition coefficient (Wildman–Crippen LogP) is 3.15. The van der Waals surface area contributed by atoms with Crippen molar-refractivity contribution in [2.75, 3.05) is 6.54 Å². The number of halogens is 1. The molecule has 3 aromatic rings. The Labute approximate surface area is 150 Å². The molecule has 0 N–H and O–H groups in total. The van der Waals surface area contributed by atoms with E-state index < -0.39 is 0 Å². The summed E-state index contributed by atoms with van der Waals surface area (Å²) < 4.78 is 3.88. The lowest BCUT2D eigenvalue weighted by Gasteiger charge is -2.32. The van der Waals surface area contributed by atoms with Gasteiger partial charge in [-0.05, 0) is 13.0 Å². The highest BCUT2D eigenvalue weighted by Gasteiger charge is 2.30. The Hall–Kier alpha value is -2.60. The number of carbonyl (C=O) groups excluding carboxylic acids is 1. The van der Waals surface area contributed by atoms with Gasteiger partial charge in [0.05, 0.1) is 17.6 Å². The Kier molecular flexibility index (Phi) is 3.84. The highest BCUT2D eigenvalue weighted by Crippen LogP contribution is 2.28. The van der Waals surface area contributed by atoms with Crippen molar-refractivity contribution in [1.82, 2.24) is 24.2 Å². The van der Waals surface area contributed by atoms with Crippen LogP contribution in [-0.2, 0) is 13.6 Å². The third-order valence-electron chi connectivity index (χ3n) is 4.53. The van der Waals surface area contributed by atoms with Crippen LogP contribution in [-0.4, -0.2) is 36.7 Å². The molecular weight excluding hydrogens is 338 g/mol. The van der Waals surface area contributed by atoms with E-state index in [0.717, 1.165) is 17.2 Å². The molecule has 4 rings (SSSR count). The molecule has 128 valence electrons. The molecule has 0 radical (unpaired) electrons. The van der Waals surface area contributed by atoms with Gasteiger partial charge in [0.1, 0.15) is 5.69 Å². The van der Waals surface area contributed by atoms with Gasteiger partial charge in [-0.15, -0.1) is 10.2 Å². The molecule has 2 aromatic heterocycles.